The van der Waals surface area contributed by atoms with E-state index in [0.717, 1.165) is 18.5 Å². The summed E-state index contributed by atoms with van der Waals surface area (Å²) in [5.74, 6) is -3.29. The van der Waals surface area contributed by atoms with Gasteiger partial charge in [-0.25, -0.2) is 31.5 Å². The minimum Gasteiger partial charge on any atom is -0.504 e. The number of rotatable bonds is 10. The number of aromatic carboxylic acids is 2. The molecule has 0 aliphatic heterocycles. The number of fused-ring (bicyclic) bond motifs is 1. The predicted molar refractivity (Wildman–Crippen MR) is 155 cm³/mol. The van der Waals surface area contributed by atoms with Gasteiger partial charge in [0.25, 0.3) is 26.0 Å². The molecule has 16 nitrogen and oxygen atoms in total. The van der Waals surface area contributed by atoms with E-state index in [4.69, 9.17) is 10.2 Å². The van der Waals surface area contributed by atoms with E-state index in [9.17, 15) is 31.5 Å². The lowest BCUT2D eigenvalue weighted by atomic mass is 10.1. The van der Waals surface area contributed by atoms with Gasteiger partial charge in [0.2, 0.25) is 0 Å². The molecule has 6 N–H and O–H groups in total. The second kappa shape index (κ2) is 11.4. The van der Waals surface area contributed by atoms with Crippen LogP contribution < -0.4 is 9.44 Å². The van der Waals surface area contributed by atoms with Crippen molar-refractivity contribution < 1.29 is 41.7 Å². The summed E-state index contributed by atoms with van der Waals surface area (Å²) in [4.78, 5) is 25.0. The molecule has 4 aromatic carbocycles. The first-order valence-electron chi connectivity index (χ1n) is 12.1. The van der Waals surface area contributed by atoms with Crippen molar-refractivity contribution in [1.82, 2.24) is 15.2 Å². The van der Waals surface area contributed by atoms with Crippen molar-refractivity contribution in [2.24, 2.45) is 10.2 Å². The Balaban J connectivity index is 1.59. The van der Waals surface area contributed by atoms with Gasteiger partial charge in [-0.05, 0) is 72.1 Å². The van der Waals surface area contributed by atoms with Crippen molar-refractivity contribution in [2.45, 2.75) is 9.79 Å². The highest BCUT2D eigenvalue weighted by Crippen LogP contribution is 2.42. The third-order valence-electron chi connectivity index (χ3n) is 6.04. The lowest BCUT2D eigenvalue weighted by Gasteiger charge is -2.14. The third-order valence-corrected chi connectivity index (χ3v) is 8.81. The zero-order chi connectivity index (χ0) is 31.6. The Hall–Kier alpha value is -5.88. The van der Waals surface area contributed by atoms with E-state index >= 15 is 0 Å². The molecule has 0 aliphatic carbocycles. The third kappa shape index (κ3) is 6.15. The van der Waals surface area contributed by atoms with Crippen LogP contribution in [0.2, 0.25) is 0 Å². The van der Waals surface area contributed by atoms with Gasteiger partial charge < -0.3 is 15.3 Å². The maximum atomic E-state index is 13.4. The van der Waals surface area contributed by atoms with E-state index in [2.05, 4.69) is 34.9 Å². The molecule has 0 radical (unpaired) electrons. The fourth-order valence-electron chi connectivity index (χ4n) is 3.93. The Kier molecular flexibility index (Phi) is 7.68. The van der Waals surface area contributed by atoms with Crippen LogP contribution in [-0.4, -0.2) is 59.3 Å². The highest BCUT2D eigenvalue weighted by atomic mass is 32.2. The first-order valence-corrected chi connectivity index (χ1v) is 15.1. The van der Waals surface area contributed by atoms with Crippen LogP contribution in [0.15, 0.2) is 99.1 Å². The molecule has 18 heteroatoms. The minimum atomic E-state index is -4.57. The standard InChI is InChI=1S/C26H19N7O9S2/c34-23-21(44(41,42)33-18-7-3-15(4-8-18)25(37)38)12-16-11-19(9-10-20(16)22(23)29-31-26-27-13-28-30-26)43(39,40)32-17-5-1-14(2-6-17)24(35)36/h1-13,32-34H,(H,35,36)(H,37,38)(H,27,28,30). The van der Waals surface area contributed by atoms with E-state index in [1.54, 1.807) is 0 Å². The molecule has 0 saturated heterocycles. The number of carboxylic acids is 2. The van der Waals surface area contributed by atoms with Gasteiger partial charge in [0.1, 0.15) is 16.9 Å². The summed E-state index contributed by atoms with van der Waals surface area (Å²) in [6.45, 7) is 0. The van der Waals surface area contributed by atoms with Gasteiger partial charge in [0.15, 0.2) is 5.75 Å². The van der Waals surface area contributed by atoms with Gasteiger partial charge >= 0.3 is 11.9 Å². The number of aromatic hydroxyl groups is 1. The summed E-state index contributed by atoms with van der Waals surface area (Å²) in [7, 11) is -8.84. The smallest absolute Gasteiger partial charge is 0.335 e. The Morgan fingerprint density at radius 2 is 1.32 bits per heavy atom. The fraction of sp³-hybridized carbons (Fsp3) is 0. The molecule has 0 saturated carbocycles. The Bertz CT molecular complexity index is 2150. The van der Waals surface area contributed by atoms with E-state index in [-0.39, 0.29) is 49.8 Å². The van der Waals surface area contributed by atoms with Gasteiger partial charge in [-0.2, -0.15) is 10.1 Å². The molecule has 0 atom stereocenters. The molecule has 224 valence electrons. The van der Waals surface area contributed by atoms with Gasteiger partial charge in [0.05, 0.1) is 16.0 Å². The largest absolute Gasteiger partial charge is 0.504 e. The molecule has 5 aromatic rings. The molecule has 0 fully saturated rings. The molecular weight excluding hydrogens is 618 g/mol. The van der Waals surface area contributed by atoms with E-state index in [1.165, 1.54) is 60.7 Å². The number of H-pyrrole nitrogens is 1. The number of nitrogens with zero attached hydrogens (tertiary/aromatic N) is 4. The zero-order valence-corrected chi connectivity index (χ0v) is 23.5. The number of aromatic nitrogens is 3. The summed E-state index contributed by atoms with van der Waals surface area (Å²) < 4.78 is 57.7. The van der Waals surface area contributed by atoms with E-state index < -0.39 is 42.6 Å². The van der Waals surface area contributed by atoms with Crippen LogP contribution in [-0.2, 0) is 20.0 Å². The summed E-state index contributed by atoms with van der Waals surface area (Å²) in [6.07, 6.45) is 1.14. The number of anilines is 2. The number of carbonyl (C=O) groups is 2. The van der Waals surface area contributed by atoms with Crippen LogP contribution in [0.4, 0.5) is 23.0 Å². The zero-order valence-electron chi connectivity index (χ0n) is 21.9. The van der Waals surface area contributed by atoms with Gasteiger partial charge in [-0.3, -0.25) is 9.44 Å². The number of aromatic amines is 1. The van der Waals surface area contributed by atoms with Crippen LogP contribution in [0.5, 0.6) is 5.75 Å². The maximum Gasteiger partial charge on any atom is 0.335 e. The van der Waals surface area contributed by atoms with Gasteiger partial charge in [-0.1, -0.05) is 6.07 Å². The highest BCUT2D eigenvalue weighted by Gasteiger charge is 2.25. The number of nitrogens with one attached hydrogen (secondary N) is 3. The van der Waals surface area contributed by atoms with Crippen molar-refractivity contribution in [3.05, 3.63) is 90.3 Å². The number of hydrogen-bond acceptors (Lipinski definition) is 11. The maximum absolute atomic E-state index is 13.4. The van der Waals surface area contributed by atoms with E-state index in [1.807, 2.05) is 0 Å². The van der Waals surface area contributed by atoms with Crippen LogP contribution in [0.3, 0.4) is 0 Å². The first kappa shape index (κ1) is 29.6. The second-order valence-electron chi connectivity index (χ2n) is 8.94. The summed E-state index contributed by atoms with van der Waals surface area (Å²) >= 11 is 0. The van der Waals surface area contributed by atoms with Gasteiger partial charge in [-0.15, -0.1) is 10.2 Å². The van der Waals surface area contributed by atoms with Crippen LogP contribution in [0.1, 0.15) is 20.7 Å². The number of azo groups is 1. The monoisotopic (exact) mass is 637 g/mol. The minimum absolute atomic E-state index is 0.0196. The molecule has 1 aromatic heterocycles. The van der Waals surface area contributed by atoms with Crippen molar-refractivity contribution in [1.29, 1.82) is 0 Å². The van der Waals surface area contributed by atoms with Crippen molar-refractivity contribution in [3.63, 3.8) is 0 Å². The molecule has 0 bridgehead atoms. The SMILES string of the molecule is O=C(O)c1ccc(NS(=O)(=O)c2ccc3c(N=Nc4ncn[nH]4)c(O)c(S(=O)(=O)Nc4ccc(C(=O)O)cc4)cc3c2)cc1. The molecule has 0 amide bonds. The van der Waals surface area contributed by atoms with Crippen LogP contribution in [0.25, 0.3) is 10.8 Å². The lowest BCUT2D eigenvalue weighted by molar-refractivity contribution is 0.0686. The Morgan fingerprint density at radius 3 is 1.84 bits per heavy atom. The Morgan fingerprint density at radius 1 is 0.750 bits per heavy atom. The summed E-state index contributed by atoms with van der Waals surface area (Å²) in [5.41, 5.74) is -0.415. The normalized spacial score (nSPS) is 11.9. The molecule has 44 heavy (non-hydrogen) atoms. The predicted octanol–water partition coefficient (Wildman–Crippen LogP) is 4.08. The average molecular weight is 638 g/mol. The van der Waals surface area contributed by atoms with Gasteiger partial charge in [0, 0.05) is 16.8 Å². The number of hydrogen-bond donors (Lipinski definition) is 6. The molecule has 0 unspecified atom stereocenters. The first-order chi connectivity index (χ1) is 20.8. The number of carboxylic acid groups (broad SMARTS) is 2. The second-order valence-corrected chi connectivity index (χ2v) is 12.3. The number of phenols is 1. The number of benzene rings is 4. The average Bonchev–Trinajstić information content (AvgIpc) is 3.50. The number of phenolic OH excluding ortho intramolecular Hbond substituents is 1. The highest BCUT2D eigenvalue weighted by molar-refractivity contribution is 7.93. The Labute approximate surface area is 247 Å². The van der Waals surface area contributed by atoms with Crippen LogP contribution >= 0.6 is 0 Å². The quantitative estimate of drug-likeness (QED) is 0.119. The van der Waals surface area contributed by atoms with E-state index in [0.29, 0.717) is 0 Å². The van der Waals surface area contributed by atoms with Crippen molar-refractivity contribution in [3.8, 4) is 5.75 Å². The van der Waals surface area contributed by atoms with Crippen LogP contribution in [0, 0.1) is 0 Å². The van der Waals surface area contributed by atoms with Crippen molar-refractivity contribution in [2.75, 3.05) is 9.44 Å². The molecule has 1 heterocycles. The molecule has 5 rings (SSSR count). The summed E-state index contributed by atoms with van der Waals surface area (Å²) in [5, 5.41) is 43.2. The fourth-order valence-corrected chi connectivity index (χ4v) is 6.22. The lowest BCUT2D eigenvalue weighted by Crippen LogP contribution is -2.14. The summed E-state index contributed by atoms with van der Waals surface area (Å²) in [6, 6.07) is 14.4. The number of sulfonamides is 2. The molecular formula is C26H19N7O9S2. The molecule has 0 spiro atoms. The topological polar surface area (TPSA) is 253 Å². The van der Waals surface area contributed by atoms with Crippen molar-refractivity contribution >= 4 is 65.8 Å². The molecule has 0 aliphatic rings.